The van der Waals surface area contributed by atoms with Gasteiger partial charge in [0.25, 0.3) is 0 Å². The molecule has 38 heavy (non-hydrogen) atoms. The molecule has 1 aliphatic carbocycles. The zero-order chi connectivity index (χ0) is 26.6. The number of hydrogen-bond acceptors (Lipinski definition) is 7. The van der Waals surface area contributed by atoms with Crippen LogP contribution < -0.4 is 9.64 Å². The molecule has 1 saturated carbocycles. The SMILES string of the molecule is CCn1nc(-c2c(OC)ncnc2C2CC2)c2c1CCN(c1ccc(-c3nc(C(F)(F)F)cn3C)cn1)C2. The number of hydrogen-bond donors (Lipinski definition) is 0. The van der Waals surface area contributed by atoms with Crippen LogP contribution in [0.5, 0.6) is 5.88 Å². The number of ether oxygens (including phenoxy) is 1. The first-order valence-electron chi connectivity index (χ1n) is 12.6. The average molecular weight is 525 g/mol. The van der Waals surface area contributed by atoms with Crippen LogP contribution in [-0.2, 0) is 32.7 Å². The van der Waals surface area contributed by atoms with E-state index < -0.39 is 11.9 Å². The molecule has 0 atom stereocenters. The fourth-order valence-electron chi connectivity index (χ4n) is 5.15. The molecule has 6 rings (SSSR count). The number of nitrogens with zero attached hydrogens (tertiary/aromatic N) is 8. The van der Waals surface area contributed by atoms with Crippen LogP contribution in [0.1, 0.15) is 48.3 Å². The molecule has 0 aromatic carbocycles. The van der Waals surface area contributed by atoms with Crippen molar-refractivity contribution in [1.29, 1.82) is 0 Å². The third-order valence-electron chi connectivity index (χ3n) is 7.17. The Bertz CT molecular complexity index is 1490. The van der Waals surface area contributed by atoms with Gasteiger partial charge in [0.05, 0.1) is 18.4 Å². The molecule has 1 aliphatic heterocycles. The summed E-state index contributed by atoms with van der Waals surface area (Å²) in [6, 6.07) is 3.59. The second-order valence-electron chi connectivity index (χ2n) is 9.64. The maximum absolute atomic E-state index is 13.1. The molecule has 12 heteroatoms. The van der Waals surface area contributed by atoms with Crippen molar-refractivity contribution in [2.24, 2.45) is 7.05 Å². The number of anilines is 1. The van der Waals surface area contributed by atoms with Gasteiger partial charge in [0.15, 0.2) is 5.69 Å². The zero-order valence-electron chi connectivity index (χ0n) is 21.3. The third kappa shape index (κ3) is 4.17. The quantitative estimate of drug-likeness (QED) is 0.364. The van der Waals surface area contributed by atoms with Crippen molar-refractivity contribution in [3.8, 4) is 28.5 Å². The van der Waals surface area contributed by atoms with Gasteiger partial charge < -0.3 is 14.2 Å². The highest BCUT2D eigenvalue weighted by atomic mass is 19.4. The van der Waals surface area contributed by atoms with Gasteiger partial charge in [-0.2, -0.15) is 18.3 Å². The summed E-state index contributed by atoms with van der Waals surface area (Å²) in [6.45, 7) is 4.14. The number of pyridine rings is 1. The molecule has 0 N–H and O–H groups in total. The number of halogens is 3. The summed E-state index contributed by atoms with van der Waals surface area (Å²) < 4.78 is 48.4. The number of methoxy groups -OCH3 is 1. The van der Waals surface area contributed by atoms with Gasteiger partial charge >= 0.3 is 6.18 Å². The highest BCUT2D eigenvalue weighted by molar-refractivity contribution is 5.73. The topological polar surface area (TPSA) is 86.8 Å². The van der Waals surface area contributed by atoms with Crippen molar-refractivity contribution < 1.29 is 17.9 Å². The molecule has 5 heterocycles. The molecule has 4 aromatic rings. The maximum atomic E-state index is 13.1. The van der Waals surface area contributed by atoms with E-state index in [9.17, 15) is 13.2 Å². The summed E-state index contributed by atoms with van der Waals surface area (Å²) in [5, 5.41) is 4.98. The molecule has 0 amide bonds. The zero-order valence-corrected chi connectivity index (χ0v) is 21.3. The molecule has 0 spiro atoms. The Morgan fingerprint density at radius 3 is 2.58 bits per heavy atom. The predicted molar refractivity (Wildman–Crippen MR) is 134 cm³/mol. The fourth-order valence-corrected chi connectivity index (χ4v) is 5.15. The van der Waals surface area contributed by atoms with Gasteiger partial charge in [-0.25, -0.2) is 19.9 Å². The van der Waals surface area contributed by atoms with Crippen LogP contribution in [0.4, 0.5) is 19.0 Å². The maximum Gasteiger partial charge on any atom is 0.434 e. The van der Waals surface area contributed by atoms with Crippen molar-refractivity contribution >= 4 is 5.82 Å². The molecular weight excluding hydrogens is 497 g/mol. The number of aryl methyl sites for hydroxylation is 2. The summed E-state index contributed by atoms with van der Waals surface area (Å²) in [5.74, 6) is 1.87. The summed E-state index contributed by atoms with van der Waals surface area (Å²) in [5.41, 5.74) is 4.55. The van der Waals surface area contributed by atoms with E-state index in [2.05, 4.69) is 31.8 Å². The molecule has 4 aromatic heterocycles. The van der Waals surface area contributed by atoms with Gasteiger partial charge in [-0.05, 0) is 31.9 Å². The van der Waals surface area contributed by atoms with Gasteiger partial charge in [-0.3, -0.25) is 4.68 Å². The Morgan fingerprint density at radius 2 is 1.95 bits per heavy atom. The highest BCUT2D eigenvalue weighted by Crippen LogP contribution is 2.46. The average Bonchev–Trinajstić information content (AvgIpc) is 3.59. The van der Waals surface area contributed by atoms with Crippen LogP contribution in [0.15, 0.2) is 30.9 Å². The first kappa shape index (κ1) is 24.4. The number of rotatable bonds is 6. The number of imidazole rings is 1. The van der Waals surface area contributed by atoms with Crippen molar-refractivity contribution in [3.05, 3.63) is 53.5 Å². The number of alkyl halides is 3. The van der Waals surface area contributed by atoms with Crippen LogP contribution >= 0.6 is 0 Å². The monoisotopic (exact) mass is 524 g/mol. The highest BCUT2D eigenvalue weighted by Gasteiger charge is 2.36. The minimum Gasteiger partial charge on any atom is -0.480 e. The van der Waals surface area contributed by atoms with Crippen molar-refractivity contribution in [2.45, 2.75) is 51.4 Å². The predicted octanol–water partition coefficient (Wildman–Crippen LogP) is 4.62. The normalized spacial score (nSPS) is 15.6. The van der Waals surface area contributed by atoms with E-state index in [0.717, 1.165) is 66.9 Å². The Kier molecular flexibility index (Phi) is 5.84. The van der Waals surface area contributed by atoms with E-state index in [1.807, 2.05) is 10.7 Å². The van der Waals surface area contributed by atoms with Crippen LogP contribution in [0.3, 0.4) is 0 Å². The molecule has 0 saturated heterocycles. The van der Waals surface area contributed by atoms with Crippen molar-refractivity contribution in [2.75, 3.05) is 18.6 Å². The fraction of sp³-hybridized carbons (Fsp3) is 0.423. The smallest absolute Gasteiger partial charge is 0.434 e. The lowest BCUT2D eigenvalue weighted by molar-refractivity contribution is -0.140. The summed E-state index contributed by atoms with van der Waals surface area (Å²) in [4.78, 5) is 19.5. The van der Waals surface area contributed by atoms with Gasteiger partial charge in [0.1, 0.15) is 23.7 Å². The van der Waals surface area contributed by atoms with Gasteiger partial charge in [0, 0.05) is 68.2 Å². The van der Waals surface area contributed by atoms with E-state index in [4.69, 9.17) is 9.84 Å². The Hall–Kier alpha value is -3.96. The lowest BCUT2D eigenvalue weighted by Crippen LogP contribution is -2.31. The summed E-state index contributed by atoms with van der Waals surface area (Å²) in [6.07, 6.45) is 2.57. The van der Waals surface area contributed by atoms with Gasteiger partial charge in [-0.1, -0.05) is 0 Å². The molecule has 0 unspecified atom stereocenters. The molecular formula is C26H27F3N8O. The van der Waals surface area contributed by atoms with Gasteiger partial charge in [0.2, 0.25) is 5.88 Å². The minimum atomic E-state index is -4.50. The molecule has 198 valence electrons. The standard InChI is InChI=1S/C26H27F3N8O/c1-4-37-18-9-10-36(20-8-7-16(11-30-20)24-33-19(13-35(24)2)26(27,28)29)12-17(18)23(34-37)21-22(15-5-6-15)31-14-32-25(21)38-3/h7-8,11,13-15H,4-6,9-10,12H2,1-3H3. The lowest BCUT2D eigenvalue weighted by Gasteiger charge is -2.29. The Labute approximate surface area is 217 Å². The van der Waals surface area contributed by atoms with Crippen molar-refractivity contribution in [1.82, 2.24) is 34.3 Å². The second-order valence-corrected chi connectivity index (χ2v) is 9.64. The first-order valence-corrected chi connectivity index (χ1v) is 12.6. The van der Waals surface area contributed by atoms with Gasteiger partial charge in [-0.15, -0.1) is 0 Å². The first-order chi connectivity index (χ1) is 18.3. The molecule has 1 fully saturated rings. The van der Waals surface area contributed by atoms with E-state index in [1.165, 1.54) is 10.3 Å². The molecule has 0 bridgehead atoms. The van der Waals surface area contributed by atoms with E-state index in [0.29, 0.717) is 23.9 Å². The van der Waals surface area contributed by atoms with Crippen molar-refractivity contribution in [3.63, 3.8) is 0 Å². The van der Waals surface area contributed by atoms with E-state index in [-0.39, 0.29) is 5.82 Å². The molecule has 9 nitrogen and oxygen atoms in total. The Balaban J connectivity index is 1.34. The summed E-state index contributed by atoms with van der Waals surface area (Å²) >= 11 is 0. The lowest BCUT2D eigenvalue weighted by atomic mass is 9.99. The third-order valence-corrected chi connectivity index (χ3v) is 7.17. The largest absolute Gasteiger partial charge is 0.480 e. The Morgan fingerprint density at radius 1 is 1.13 bits per heavy atom. The van der Waals surface area contributed by atoms with Crippen LogP contribution in [0, 0.1) is 0 Å². The van der Waals surface area contributed by atoms with Crippen LogP contribution in [-0.4, -0.2) is 47.9 Å². The number of fused-ring (bicyclic) bond motifs is 1. The summed E-state index contributed by atoms with van der Waals surface area (Å²) in [7, 11) is 3.16. The number of aromatic nitrogens is 7. The minimum absolute atomic E-state index is 0.215. The molecule has 0 radical (unpaired) electrons. The molecule has 2 aliphatic rings. The second kappa shape index (κ2) is 9.10. The van der Waals surface area contributed by atoms with E-state index >= 15 is 0 Å². The van der Waals surface area contributed by atoms with Crippen LogP contribution in [0.2, 0.25) is 0 Å². The van der Waals surface area contributed by atoms with Crippen LogP contribution in [0.25, 0.3) is 22.6 Å². The van der Waals surface area contributed by atoms with E-state index in [1.54, 1.807) is 32.7 Å².